The number of benzene rings is 2. The van der Waals surface area contributed by atoms with Gasteiger partial charge in [-0.3, -0.25) is 4.90 Å². The summed E-state index contributed by atoms with van der Waals surface area (Å²) in [6.07, 6.45) is 1.79. The number of fused-ring (bicyclic) bond motifs is 1. The first-order valence-electron chi connectivity index (χ1n) is 8.97. The predicted octanol–water partition coefficient (Wildman–Crippen LogP) is 3.39. The molecule has 0 aliphatic carbocycles. The highest BCUT2D eigenvalue weighted by Gasteiger charge is 2.24. The summed E-state index contributed by atoms with van der Waals surface area (Å²) in [5.74, 6) is 0. The number of halogens is 1. The Balaban J connectivity index is 1.77. The fraction of sp³-hybridized carbons (Fsp3) is 0.300. The summed E-state index contributed by atoms with van der Waals surface area (Å²) >= 11 is 3.38. The fourth-order valence-corrected chi connectivity index (χ4v) is 5.91. The average molecular weight is 448 g/mol. The molecule has 0 N–H and O–H groups in total. The molecule has 27 heavy (non-hydrogen) atoms. The molecule has 5 nitrogen and oxygen atoms in total. The fourth-order valence-electron chi connectivity index (χ4n) is 3.55. The second kappa shape index (κ2) is 7.39. The standard InChI is InChI=1S/C20H22BrN3O2S/c1-22-10-12-23(13-11-22)14-16-15-24(19-8-4-2-6-17(16)19)27(25,26)20-9-5-3-7-18(20)21/h2-9,15H,10-14H2,1H3. The van der Waals surface area contributed by atoms with E-state index in [9.17, 15) is 8.42 Å². The highest BCUT2D eigenvalue weighted by molar-refractivity contribution is 9.10. The van der Waals surface area contributed by atoms with Gasteiger partial charge in [0.2, 0.25) is 0 Å². The highest BCUT2D eigenvalue weighted by Crippen LogP contribution is 2.30. The third-order valence-electron chi connectivity index (χ3n) is 5.12. The van der Waals surface area contributed by atoms with Crippen LogP contribution in [-0.2, 0) is 16.6 Å². The van der Waals surface area contributed by atoms with Crippen LogP contribution in [0.5, 0.6) is 0 Å². The van der Waals surface area contributed by atoms with Crippen LogP contribution in [0.4, 0.5) is 0 Å². The minimum absolute atomic E-state index is 0.275. The Bertz CT molecular complexity index is 1070. The van der Waals surface area contributed by atoms with Crippen LogP contribution < -0.4 is 0 Å². The van der Waals surface area contributed by atoms with Gasteiger partial charge in [0.15, 0.2) is 0 Å². The number of piperazine rings is 1. The maximum absolute atomic E-state index is 13.3. The number of likely N-dealkylation sites (N-methyl/N-ethyl adjacent to an activating group) is 1. The first-order chi connectivity index (χ1) is 13.0. The Morgan fingerprint density at radius 1 is 0.963 bits per heavy atom. The normalized spacial score (nSPS) is 16.8. The summed E-state index contributed by atoms with van der Waals surface area (Å²) < 4.78 is 28.7. The minimum Gasteiger partial charge on any atom is -0.304 e. The van der Waals surface area contributed by atoms with E-state index in [1.807, 2.05) is 30.3 Å². The van der Waals surface area contributed by atoms with Crippen LogP contribution in [0.1, 0.15) is 5.56 Å². The molecule has 1 saturated heterocycles. The van der Waals surface area contributed by atoms with Gasteiger partial charge in [0.05, 0.1) is 5.52 Å². The molecule has 0 saturated carbocycles. The quantitative estimate of drug-likeness (QED) is 0.614. The van der Waals surface area contributed by atoms with Crippen LogP contribution in [0, 0.1) is 0 Å². The summed E-state index contributed by atoms with van der Waals surface area (Å²) in [6.45, 7) is 4.81. The van der Waals surface area contributed by atoms with Crippen LogP contribution >= 0.6 is 15.9 Å². The highest BCUT2D eigenvalue weighted by atomic mass is 79.9. The third-order valence-corrected chi connectivity index (χ3v) is 7.81. The van der Waals surface area contributed by atoms with Crippen molar-refractivity contribution in [2.75, 3.05) is 33.2 Å². The predicted molar refractivity (Wildman–Crippen MR) is 111 cm³/mol. The summed E-state index contributed by atoms with van der Waals surface area (Å²) in [7, 11) is -1.55. The molecule has 0 spiro atoms. The summed E-state index contributed by atoms with van der Waals surface area (Å²) in [5.41, 5.74) is 1.77. The molecule has 0 atom stereocenters. The lowest BCUT2D eigenvalue weighted by Gasteiger charge is -2.32. The Hall–Kier alpha value is -1.67. The molecule has 0 amide bonds. The van der Waals surface area contributed by atoms with Gasteiger partial charge in [0, 0.05) is 48.8 Å². The first-order valence-corrected chi connectivity index (χ1v) is 11.2. The van der Waals surface area contributed by atoms with Crippen molar-refractivity contribution in [2.45, 2.75) is 11.4 Å². The summed E-state index contributed by atoms with van der Waals surface area (Å²) in [6, 6.07) is 14.7. The van der Waals surface area contributed by atoms with Crippen LogP contribution in [0.25, 0.3) is 10.9 Å². The zero-order valence-corrected chi connectivity index (χ0v) is 17.6. The number of hydrogen-bond donors (Lipinski definition) is 0. The molecule has 142 valence electrons. The van der Waals surface area contributed by atoms with E-state index in [4.69, 9.17) is 0 Å². The molecule has 0 radical (unpaired) electrons. The van der Waals surface area contributed by atoms with Crippen molar-refractivity contribution in [3.05, 3.63) is 64.8 Å². The minimum atomic E-state index is -3.68. The van der Waals surface area contributed by atoms with Crippen LogP contribution in [0.3, 0.4) is 0 Å². The third kappa shape index (κ3) is 3.57. The lowest BCUT2D eigenvalue weighted by Crippen LogP contribution is -2.43. The Morgan fingerprint density at radius 3 is 2.37 bits per heavy atom. The number of hydrogen-bond acceptors (Lipinski definition) is 4. The Morgan fingerprint density at radius 2 is 1.63 bits per heavy atom. The van der Waals surface area contributed by atoms with Crippen molar-refractivity contribution in [2.24, 2.45) is 0 Å². The second-order valence-corrected chi connectivity index (χ2v) is 9.62. The smallest absolute Gasteiger partial charge is 0.269 e. The van der Waals surface area contributed by atoms with Crippen molar-refractivity contribution < 1.29 is 8.42 Å². The Kier molecular flexibility index (Phi) is 5.11. The molecule has 1 aliphatic heterocycles. The van der Waals surface area contributed by atoms with Gasteiger partial charge in [-0.1, -0.05) is 30.3 Å². The van der Waals surface area contributed by atoms with Crippen molar-refractivity contribution in [1.82, 2.24) is 13.8 Å². The van der Waals surface area contributed by atoms with Gasteiger partial charge in [-0.25, -0.2) is 12.4 Å². The van der Waals surface area contributed by atoms with E-state index in [0.29, 0.717) is 4.47 Å². The molecule has 2 heterocycles. The SMILES string of the molecule is CN1CCN(Cc2cn(S(=O)(=O)c3ccccc3Br)c3ccccc23)CC1. The summed E-state index contributed by atoms with van der Waals surface area (Å²) in [5, 5.41) is 0.993. The first kappa shape index (κ1) is 18.7. The van der Waals surface area contributed by atoms with Gasteiger partial charge in [-0.2, -0.15) is 0 Å². The van der Waals surface area contributed by atoms with E-state index in [0.717, 1.165) is 49.2 Å². The van der Waals surface area contributed by atoms with Crippen molar-refractivity contribution in [3.8, 4) is 0 Å². The van der Waals surface area contributed by atoms with Gasteiger partial charge >= 0.3 is 0 Å². The zero-order chi connectivity index (χ0) is 19.0. The van der Waals surface area contributed by atoms with Crippen LogP contribution in [-0.4, -0.2) is 55.4 Å². The van der Waals surface area contributed by atoms with Crippen molar-refractivity contribution >= 4 is 36.9 Å². The molecular formula is C20H22BrN3O2S. The van der Waals surface area contributed by atoms with Crippen LogP contribution in [0.15, 0.2) is 64.1 Å². The topological polar surface area (TPSA) is 45.5 Å². The Labute approximate surface area is 168 Å². The average Bonchev–Trinajstić information content (AvgIpc) is 3.03. The van der Waals surface area contributed by atoms with E-state index in [1.165, 1.54) is 3.97 Å². The second-order valence-electron chi connectivity index (χ2n) is 6.98. The van der Waals surface area contributed by atoms with Gasteiger partial charge in [0.25, 0.3) is 10.0 Å². The van der Waals surface area contributed by atoms with Crippen molar-refractivity contribution in [3.63, 3.8) is 0 Å². The van der Waals surface area contributed by atoms with E-state index in [1.54, 1.807) is 24.4 Å². The van der Waals surface area contributed by atoms with Gasteiger partial charge in [-0.05, 0) is 46.7 Å². The number of para-hydroxylation sites is 1. The molecule has 0 bridgehead atoms. The van der Waals surface area contributed by atoms with Crippen molar-refractivity contribution in [1.29, 1.82) is 0 Å². The molecule has 3 aromatic rings. The number of rotatable bonds is 4. The monoisotopic (exact) mass is 447 g/mol. The van der Waals surface area contributed by atoms with E-state index >= 15 is 0 Å². The number of aromatic nitrogens is 1. The maximum atomic E-state index is 13.3. The largest absolute Gasteiger partial charge is 0.304 e. The molecule has 1 aliphatic rings. The van der Waals surface area contributed by atoms with E-state index < -0.39 is 10.0 Å². The zero-order valence-electron chi connectivity index (χ0n) is 15.2. The summed E-state index contributed by atoms with van der Waals surface area (Å²) in [4.78, 5) is 4.98. The molecule has 1 aromatic heterocycles. The lowest BCUT2D eigenvalue weighted by molar-refractivity contribution is 0.148. The number of nitrogens with zero attached hydrogens (tertiary/aromatic N) is 3. The maximum Gasteiger partial charge on any atom is 0.269 e. The molecule has 2 aromatic carbocycles. The van der Waals surface area contributed by atoms with Gasteiger partial charge in [-0.15, -0.1) is 0 Å². The molecule has 4 rings (SSSR count). The molecule has 7 heteroatoms. The lowest BCUT2D eigenvalue weighted by atomic mass is 10.1. The van der Waals surface area contributed by atoms with E-state index in [2.05, 4.69) is 32.8 Å². The molecule has 0 unspecified atom stereocenters. The van der Waals surface area contributed by atoms with Gasteiger partial charge < -0.3 is 4.90 Å². The van der Waals surface area contributed by atoms with E-state index in [-0.39, 0.29) is 4.90 Å². The molecular weight excluding hydrogens is 426 g/mol. The molecule has 1 fully saturated rings. The van der Waals surface area contributed by atoms with Crippen LogP contribution in [0.2, 0.25) is 0 Å². The van der Waals surface area contributed by atoms with Gasteiger partial charge in [0.1, 0.15) is 4.90 Å².